The van der Waals surface area contributed by atoms with Crippen LogP contribution in [-0.4, -0.2) is 19.0 Å². The van der Waals surface area contributed by atoms with Gasteiger partial charge in [-0.2, -0.15) is 0 Å². The third kappa shape index (κ3) is 5.31. The summed E-state index contributed by atoms with van der Waals surface area (Å²) in [6.45, 7) is 4.57. The van der Waals surface area contributed by atoms with Crippen LogP contribution in [-0.2, 0) is 4.79 Å². The Morgan fingerprint density at radius 1 is 1.70 bits per heavy atom. The van der Waals surface area contributed by atoms with Crippen LogP contribution in [0, 0.1) is 0 Å². The van der Waals surface area contributed by atoms with Gasteiger partial charge in [-0.05, 0) is 6.42 Å². The molecule has 0 rings (SSSR count). The van der Waals surface area contributed by atoms with Crippen molar-refractivity contribution < 1.29 is 4.79 Å². The Labute approximate surface area is 61.3 Å². The van der Waals surface area contributed by atoms with Crippen molar-refractivity contribution in [2.24, 2.45) is 5.73 Å². The molecule has 0 saturated heterocycles. The summed E-state index contributed by atoms with van der Waals surface area (Å²) in [5.41, 5.74) is 5.17. The Morgan fingerprint density at radius 2 is 2.40 bits per heavy atom. The quantitative estimate of drug-likeness (QED) is 0.532. The molecule has 0 aromatic rings. The van der Waals surface area contributed by atoms with Crippen molar-refractivity contribution in [3.8, 4) is 0 Å². The van der Waals surface area contributed by atoms with E-state index in [2.05, 4.69) is 11.9 Å². The highest BCUT2D eigenvalue weighted by Gasteiger charge is 1.95. The van der Waals surface area contributed by atoms with E-state index in [1.165, 1.54) is 0 Å². The van der Waals surface area contributed by atoms with Crippen molar-refractivity contribution in [2.45, 2.75) is 12.8 Å². The van der Waals surface area contributed by atoms with Crippen molar-refractivity contribution in [1.82, 2.24) is 5.32 Å². The first-order valence-electron chi connectivity index (χ1n) is 3.39. The molecule has 0 aromatic heterocycles. The zero-order chi connectivity index (χ0) is 7.82. The molecule has 1 amide bonds. The predicted molar refractivity (Wildman–Crippen MR) is 41.5 cm³/mol. The first kappa shape index (κ1) is 9.17. The average Bonchev–Trinajstić information content (AvgIpc) is 1.97. The summed E-state index contributed by atoms with van der Waals surface area (Å²) in [4.78, 5) is 10.7. The Hall–Kier alpha value is -0.830. The van der Waals surface area contributed by atoms with E-state index in [0.29, 0.717) is 19.5 Å². The van der Waals surface area contributed by atoms with Gasteiger partial charge in [-0.1, -0.05) is 6.08 Å². The fourth-order valence-corrected chi connectivity index (χ4v) is 0.533. The molecule has 0 aliphatic rings. The van der Waals surface area contributed by atoms with E-state index in [-0.39, 0.29) is 5.91 Å². The Balaban J connectivity index is 3.16. The van der Waals surface area contributed by atoms with Crippen molar-refractivity contribution in [2.75, 3.05) is 13.1 Å². The van der Waals surface area contributed by atoms with Crippen LogP contribution >= 0.6 is 0 Å². The van der Waals surface area contributed by atoms with Gasteiger partial charge in [-0.25, -0.2) is 0 Å². The van der Waals surface area contributed by atoms with Crippen molar-refractivity contribution in [3.63, 3.8) is 0 Å². The molecule has 0 aliphatic heterocycles. The minimum atomic E-state index is 0.0466. The molecule has 10 heavy (non-hydrogen) atoms. The second-order valence-corrected chi connectivity index (χ2v) is 1.97. The van der Waals surface area contributed by atoms with Crippen molar-refractivity contribution in [1.29, 1.82) is 0 Å². The SMILES string of the molecule is C=CCCC(=O)NCCN. The first-order chi connectivity index (χ1) is 4.81. The molecule has 3 heteroatoms. The number of carbonyl (C=O) groups is 1. The minimum Gasteiger partial charge on any atom is -0.355 e. The highest BCUT2D eigenvalue weighted by molar-refractivity contribution is 5.75. The number of hydrogen-bond acceptors (Lipinski definition) is 2. The molecule has 0 atom stereocenters. The molecule has 0 unspecified atom stereocenters. The van der Waals surface area contributed by atoms with Crippen LogP contribution in [0.4, 0.5) is 0 Å². The molecular weight excluding hydrogens is 128 g/mol. The highest BCUT2D eigenvalue weighted by Crippen LogP contribution is 1.87. The summed E-state index contributed by atoms with van der Waals surface area (Å²) in [5.74, 6) is 0.0466. The van der Waals surface area contributed by atoms with Gasteiger partial charge in [-0.3, -0.25) is 4.79 Å². The van der Waals surface area contributed by atoms with Gasteiger partial charge in [-0.15, -0.1) is 6.58 Å². The van der Waals surface area contributed by atoms with Crippen molar-refractivity contribution in [3.05, 3.63) is 12.7 Å². The normalized spacial score (nSPS) is 8.90. The number of nitrogens with two attached hydrogens (primary N) is 1. The van der Waals surface area contributed by atoms with E-state index in [1.807, 2.05) is 0 Å². The van der Waals surface area contributed by atoms with Gasteiger partial charge < -0.3 is 11.1 Å². The number of carbonyl (C=O) groups excluding carboxylic acids is 1. The van der Waals surface area contributed by atoms with Gasteiger partial charge in [0.1, 0.15) is 0 Å². The van der Waals surface area contributed by atoms with Crippen LogP contribution < -0.4 is 11.1 Å². The topological polar surface area (TPSA) is 55.1 Å². The summed E-state index contributed by atoms with van der Waals surface area (Å²) < 4.78 is 0. The van der Waals surface area contributed by atoms with Crippen LogP contribution in [0.5, 0.6) is 0 Å². The van der Waals surface area contributed by atoms with E-state index >= 15 is 0 Å². The van der Waals surface area contributed by atoms with Gasteiger partial charge in [0.15, 0.2) is 0 Å². The maximum absolute atomic E-state index is 10.7. The lowest BCUT2D eigenvalue weighted by Crippen LogP contribution is -2.28. The number of rotatable bonds is 5. The van der Waals surface area contributed by atoms with E-state index in [1.54, 1.807) is 6.08 Å². The minimum absolute atomic E-state index is 0.0466. The maximum Gasteiger partial charge on any atom is 0.220 e. The van der Waals surface area contributed by atoms with E-state index in [4.69, 9.17) is 5.73 Å². The molecule has 0 saturated carbocycles. The molecule has 0 aromatic carbocycles. The molecular formula is C7H14N2O. The number of nitrogens with one attached hydrogen (secondary N) is 1. The van der Waals surface area contributed by atoms with Crippen LogP contribution in [0.1, 0.15) is 12.8 Å². The fourth-order valence-electron chi connectivity index (χ4n) is 0.533. The lowest BCUT2D eigenvalue weighted by atomic mass is 10.3. The van der Waals surface area contributed by atoms with Crippen LogP contribution in [0.15, 0.2) is 12.7 Å². The first-order valence-corrected chi connectivity index (χ1v) is 3.39. The summed E-state index contributed by atoms with van der Waals surface area (Å²) >= 11 is 0. The van der Waals surface area contributed by atoms with E-state index < -0.39 is 0 Å². The smallest absolute Gasteiger partial charge is 0.220 e. The standard InChI is InChI=1S/C7H14N2O/c1-2-3-4-7(10)9-6-5-8/h2H,1,3-6,8H2,(H,9,10). The molecule has 3 N–H and O–H groups in total. The molecule has 0 heterocycles. The van der Waals surface area contributed by atoms with Gasteiger partial charge in [0.2, 0.25) is 5.91 Å². The zero-order valence-electron chi connectivity index (χ0n) is 6.10. The second kappa shape index (κ2) is 6.29. The summed E-state index contributed by atoms with van der Waals surface area (Å²) in [6, 6.07) is 0. The Morgan fingerprint density at radius 3 is 2.90 bits per heavy atom. The predicted octanol–water partition coefficient (Wildman–Crippen LogP) is 0.0275. The monoisotopic (exact) mass is 142 g/mol. The number of allylic oxidation sites excluding steroid dienone is 1. The Bertz CT molecular complexity index is 112. The number of amides is 1. The van der Waals surface area contributed by atoms with Crippen molar-refractivity contribution >= 4 is 5.91 Å². The zero-order valence-corrected chi connectivity index (χ0v) is 6.10. The molecule has 0 radical (unpaired) electrons. The maximum atomic E-state index is 10.7. The largest absolute Gasteiger partial charge is 0.355 e. The summed E-state index contributed by atoms with van der Waals surface area (Å²) in [6.07, 6.45) is 2.97. The Kier molecular flexibility index (Phi) is 5.77. The van der Waals surface area contributed by atoms with Gasteiger partial charge >= 0.3 is 0 Å². The van der Waals surface area contributed by atoms with Gasteiger partial charge in [0.25, 0.3) is 0 Å². The fraction of sp³-hybridized carbons (Fsp3) is 0.571. The second-order valence-electron chi connectivity index (χ2n) is 1.97. The molecule has 0 spiro atoms. The molecule has 3 nitrogen and oxygen atoms in total. The van der Waals surface area contributed by atoms with Crippen LogP contribution in [0.25, 0.3) is 0 Å². The highest BCUT2D eigenvalue weighted by atomic mass is 16.1. The lowest BCUT2D eigenvalue weighted by Gasteiger charge is -1.99. The molecule has 0 aliphatic carbocycles. The summed E-state index contributed by atoms with van der Waals surface area (Å²) in [7, 11) is 0. The van der Waals surface area contributed by atoms with E-state index in [0.717, 1.165) is 6.42 Å². The lowest BCUT2D eigenvalue weighted by molar-refractivity contribution is -0.120. The van der Waals surface area contributed by atoms with Crippen LogP contribution in [0.2, 0.25) is 0 Å². The van der Waals surface area contributed by atoms with Gasteiger partial charge in [0, 0.05) is 19.5 Å². The molecule has 58 valence electrons. The molecule has 0 bridgehead atoms. The third-order valence-corrected chi connectivity index (χ3v) is 1.04. The number of hydrogen-bond donors (Lipinski definition) is 2. The third-order valence-electron chi connectivity index (χ3n) is 1.04. The average molecular weight is 142 g/mol. The van der Waals surface area contributed by atoms with Crippen LogP contribution in [0.3, 0.4) is 0 Å². The molecule has 0 fully saturated rings. The van der Waals surface area contributed by atoms with E-state index in [9.17, 15) is 4.79 Å². The summed E-state index contributed by atoms with van der Waals surface area (Å²) in [5, 5.41) is 2.66. The van der Waals surface area contributed by atoms with Gasteiger partial charge in [0.05, 0.1) is 0 Å².